The molecular formula is C20H26O2S. The van der Waals surface area contributed by atoms with E-state index >= 15 is 0 Å². The molecule has 5 atom stereocenters. The predicted octanol–water partition coefficient (Wildman–Crippen LogP) is 4.68. The van der Waals surface area contributed by atoms with Crippen LogP contribution in [0.25, 0.3) is 0 Å². The van der Waals surface area contributed by atoms with Crippen molar-refractivity contribution in [2.45, 2.75) is 50.4 Å². The average Bonchev–Trinajstić information content (AvgIpc) is 2.98. The Bertz CT molecular complexity index is 544. The number of carbonyl (C=O) groups is 1. The third-order valence-electron chi connectivity index (χ3n) is 6.26. The molecule has 2 aliphatic carbocycles. The van der Waals surface area contributed by atoms with Crippen LogP contribution in [-0.2, 0) is 16.1 Å². The summed E-state index contributed by atoms with van der Waals surface area (Å²) < 4.78 is 5.45. The minimum atomic E-state index is -0.0227. The number of hydrogen-bond donors (Lipinski definition) is 0. The molecule has 2 nitrogen and oxygen atoms in total. The van der Waals surface area contributed by atoms with Crippen molar-refractivity contribution in [3.05, 3.63) is 35.9 Å². The first kappa shape index (κ1) is 15.6. The van der Waals surface area contributed by atoms with Gasteiger partial charge in [0.2, 0.25) is 0 Å². The lowest BCUT2D eigenvalue weighted by Crippen LogP contribution is -2.36. The molecule has 0 spiro atoms. The van der Waals surface area contributed by atoms with Gasteiger partial charge in [-0.25, -0.2) is 0 Å². The molecule has 4 rings (SSSR count). The van der Waals surface area contributed by atoms with E-state index in [2.05, 4.69) is 11.8 Å². The Kier molecular flexibility index (Phi) is 4.66. The van der Waals surface area contributed by atoms with Crippen LogP contribution in [-0.4, -0.2) is 17.0 Å². The molecule has 1 aromatic rings. The zero-order chi connectivity index (χ0) is 15.6. The lowest BCUT2D eigenvalue weighted by atomic mass is 9.83. The maximum Gasteiger partial charge on any atom is 0.306 e. The van der Waals surface area contributed by atoms with Crippen molar-refractivity contribution >= 4 is 17.7 Å². The number of esters is 1. The largest absolute Gasteiger partial charge is 0.461 e. The Morgan fingerprint density at radius 3 is 2.74 bits per heavy atom. The molecule has 0 N–H and O–H groups in total. The molecular weight excluding hydrogens is 304 g/mol. The minimum Gasteiger partial charge on any atom is -0.461 e. The summed E-state index contributed by atoms with van der Waals surface area (Å²) >= 11 is 2.17. The lowest BCUT2D eigenvalue weighted by molar-refractivity contribution is -0.145. The van der Waals surface area contributed by atoms with Crippen LogP contribution in [0.3, 0.4) is 0 Å². The summed E-state index contributed by atoms with van der Waals surface area (Å²) in [5.41, 5.74) is 1.07. The first-order valence-electron chi connectivity index (χ1n) is 9.11. The van der Waals surface area contributed by atoms with Crippen LogP contribution in [0.15, 0.2) is 30.3 Å². The van der Waals surface area contributed by atoms with Crippen molar-refractivity contribution in [2.24, 2.45) is 23.7 Å². The van der Waals surface area contributed by atoms with Crippen molar-refractivity contribution in [3.63, 3.8) is 0 Å². The Morgan fingerprint density at radius 2 is 1.96 bits per heavy atom. The number of ether oxygens (including phenoxy) is 1. The first-order chi connectivity index (χ1) is 11.3. The van der Waals surface area contributed by atoms with Gasteiger partial charge in [0.25, 0.3) is 0 Å². The van der Waals surface area contributed by atoms with E-state index in [1.54, 1.807) is 0 Å². The molecule has 23 heavy (non-hydrogen) atoms. The van der Waals surface area contributed by atoms with Gasteiger partial charge < -0.3 is 4.74 Å². The third-order valence-corrected chi connectivity index (χ3v) is 7.81. The van der Waals surface area contributed by atoms with Crippen LogP contribution in [0.5, 0.6) is 0 Å². The van der Waals surface area contributed by atoms with Gasteiger partial charge in [-0.1, -0.05) is 30.3 Å². The van der Waals surface area contributed by atoms with E-state index in [9.17, 15) is 4.79 Å². The Hall–Kier alpha value is -0.960. The van der Waals surface area contributed by atoms with Crippen LogP contribution >= 0.6 is 11.8 Å². The van der Waals surface area contributed by atoms with Gasteiger partial charge in [-0.15, -0.1) is 0 Å². The quantitative estimate of drug-likeness (QED) is 0.733. The lowest BCUT2D eigenvalue weighted by Gasteiger charge is -2.40. The van der Waals surface area contributed by atoms with Crippen molar-refractivity contribution in [2.75, 3.05) is 5.75 Å². The summed E-state index contributed by atoms with van der Waals surface area (Å²) in [6.45, 7) is 0.413. The first-order valence-corrected chi connectivity index (χ1v) is 10.2. The van der Waals surface area contributed by atoms with E-state index in [-0.39, 0.29) is 5.97 Å². The highest BCUT2D eigenvalue weighted by atomic mass is 32.2. The van der Waals surface area contributed by atoms with Gasteiger partial charge in [0.1, 0.15) is 6.61 Å². The highest BCUT2D eigenvalue weighted by Crippen LogP contribution is 2.55. The van der Waals surface area contributed by atoms with Crippen LogP contribution in [0.4, 0.5) is 0 Å². The summed E-state index contributed by atoms with van der Waals surface area (Å²) in [5, 5.41) is 0.899. The Morgan fingerprint density at radius 1 is 1.13 bits per heavy atom. The standard InChI is InChI=1S/C20H26O2S/c21-20(22-12-14-4-2-1-3-5-14)9-8-16-11-19-18(13-23-19)17-7-6-15(16)10-17/h1-5,15-19H,6-13H2. The third kappa shape index (κ3) is 3.45. The normalized spacial score (nSPS) is 35.0. The SMILES string of the molecule is O=C(CCC1CC2SCC2C2CCC1C2)OCc1ccccc1. The molecule has 2 bridgehead atoms. The molecule has 0 radical (unpaired) electrons. The molecule has 0 amide bonds. The van der Waals surface area contributed by atoms with Crippen molar-refractivity contribution < 1.29 is 9.53 Å². The number of carbonyl (C=O) groups excluding carboxylic acids is 1. The van der Waals surface area contributed by atoms with Crippen LogP contribution in [0, 0.1) is 23.7 Å². The number of benzene rings is 1. The summed E-state index contributed by atoms with van der Waals surface area (Å²) in [6.07, 6.45) is 7.27. The van der Waals surface area contributed by atoms with Gasteiger partial charge in [-0.3, -0.25) is 4.79 Å². The molecule has 3 fully saturated rings. The molecule has 3 aliphatic rings. The number of hydrogen-bond acceptors (Lipinski definition) is 3. The highest BCUT2D eigenvalue weighted by Gasteiger charge is 2.47. The van der Waals surface area contributed by atoms with Gasteiger partial charge in [-0.05, 0) is 67.1 Å². The number of rotatable bonds is 5. The highest BCUT2D eigenvalue weighted by molar-refractivity contribution is 8.01. The maximum atomic E-state index is 12.1. The van der Waals surface area contributed by atoms with E-state index in [1.807, 2.05) is 30.3 Å². The molecule has 2 saturated carbocycles. The fourth-order valence-electron chi connectivity index (χ4n) is 4.85. The average molecular weight is 330 g/mol. The summed E-state index contributed by atoms with van der Waals surface area (Å²) in [7, 11) is 0. The molecule has 1 aromatic carbocycles. The monoisotopic (exact) mass is 330 g/mol. The molecule has 3 heteroatoms. The molecule has 5 unspecified atom stereocenters. The second-order valence-electron chi connectivity index (χ2n) is 7.55. The van der Waals surface area contributed by atoms with Crippen LogP contribution < -0.4 is 0 Å². The molecule has 124 valence electrons. The zero-order valence-corrected chi connectivity index (χ0v) is 14.5. The summed E-state index contributed by atoms with van der Waals surface area (Å²) in [4.78, 5) is 12.1. The minimum absolute atomic E-state index is 0.0227. The van der Waals surface area contributed by atoms with E-state index < -0.39 is 0 Å². The number of thioether (sulfide) groups is 1. The number of fused-ring (bicyclic) bond motifs is 4. The van der Waals surface area contributed by atoms with E-state index in [0.29, 0.717) is 13.0 Å². The van der Waals surface area contributed by atoms with Gasteiger partial charge in [0.05, 0.1) is 0 Å². The van der Waals surface area contributed by atoms with Crippen LogP contribution in [0.1, 0.15) is 44.1 Å². The van der Waals surface area contributed by atoms with Crippen LogP contribution in [0.2, 0.25) is 0 Å². The topological polar surface area (TPSA) is 26.3 Å². The molecule has 0 aromatic heterocycles. The van der Waals surface area contributed by atoms with Gasteiger partial charge >= 0.3 is 5.97 Å². The van der Waals surface area contributed by atoms with Gasteiger partial charge in [0.15, 0.2) is 0 Å². The predicted molar refractivity (Wildman–Crippen MR) is 94.1 cm³/mol. The van der Waals surface area contributed by atoms with E-state index in [0.717, 1.165) is 40.9 Å². The fraction of sp³-hybridized carbons (Fsp3) is 0.650. The second kappa shape index (κ2) is 6.88. The summed E-state index contributed by atoms with van der Waals surface area (Å²) in [5.74, 6) is 5.01. The van der Waals surface area contributed by atoms with Gasteiger partial charge in [-0.2, -0.15) is 11.8 Å². The fourth-order valence-corrected chi connectivity index (χ4v) is 6.42. The van der Waals surface area contributed by atoms with Gasteiger partial charge in [0, 0.05) is 11.7 Å². The maximum absolute atomic E-state index is 12.1. The van der Waals surface area contributed by atoms with Crippen molar-refractivity contribution in [1.29, 1.82) is 0 Å². The zero-order valence-electron chi connectivity index (χ0n) is 13.7. The molecule has 1 saturated heterocycles. The van der Waals surface area contributed by atoms with Crippen molar-refractivity contribution in [3.8, 4) is 0 Å². The van der Waals surface area contributed by atoms with E-state index in [1.165, 1.54) is 31.4 Å². The van der Waals surface area contributed by atoms with Crippen molar-refractivity contribution in [1.82, 2.24) is 0 Å². The molecule has 1 aliphatic heterocycles. The Balaban J connectivity index is 1.26. The second-order valence-corrected chi connectivity index (χ2v) is 8.82. The Labute approximate surface area is 143 Å². The molecule has 1 heterocycles. The smallest absolute Gasteiger partial charge is 0.306 e. The van der Waals surface area contributed by atoms with E-state index in [4.69, 9.17) is 4.74 Å². The summed E-state index contributed by atoms with van der Waals surface area (Å²) in [6, 6.07) is 9.96.